The van der Waals surface area contributed by atoms with Gasteiger partial charge >= 0.3 is 6.18 Å². The fraction of sp³-hybridized carbons (Fsp3) is 0.381. The third kappa shape index (κ3) is 4.99. The maximum absolute atomic E-state index is 12.9. The van der Waals surface area contributed by atoms with E-state index in [2.05, 4.69) is 4.90 Å². The molecule has 0 bridgehead atoms. The molecule has 9 heteroatoms. The van der Waals surface area contributed by atoms with Crippen LogP contribution in [0.1, 0.15) is 21.5 Å². The van der Waals surface area contributed by atoms with Gasteiger partial charge in [-0.25, -0.2) is 0 Å². The molecule has 3 rings (SSSR count). The Balaban J connectivity index is 1.60. The van der Waals surface area contributed by atoms with E-state index in [1.165, 1.54) is 26.4 Å². The van der Waals surface area contributed by atoms with Crippen molar-refractivity contribution in [1.29, 1.82) is 0 Å². The Kier molecular flexibility index (Phi) is 6.77. The van der Waals surface area contributed by atoms with Gasteiger partial charge in [0.1, 0.15) is 0 Å². The van der Waals surface area contributed by atoms with Crippen LogP contribution in [0.25, 0.3) is 0 Å². The largest absolute Gasteiger partial charge is 0.493 e. The Labute approximate surface area is 177 Å². The number of benzene rings is 2. The minimum atomic E-state index is -4.34. The molecule has 0 spiro atoms. The Hall–Kier alpha value is -2.45. The fourth-order valence-corrected chi connectivity index (χ4v) is 3.68. The van der Waals surface area contributed by atoms with E-state index in [1.807, 2.05) is 0 Å². The lowest BCUT2D eigenvalue weighted by molar-refractivity contribution is -0.137. The van der Waals surface area contributed by atoms with Crippen LogP contribution >= 0.6 is 11.6 Å². The van der Waals surface area contributed by atoms with Crippen molar-refractivity contribution in [2.45, 2.75) is 12.7 Å². The van der Waals surface area contributed by atoms with Crippen LogP contribution in [0, 0.1) is 0 Å². The monoisotopic (exact) mass is 442 g/mol. The van der Waals surface area contributed by atoms with E-state index >= 15 is 0 Å². The molecule has 0 aromatic heterocycles. The highest BCUT2D eigenvalue weighted by molar-refractivity contribution is 6.32. The van der Waals surface area contributed by atoms with E-state index in [9.17, 15) is 18.0 Å². The number of amides is 1. The van der Waals surface area contributed by atoms with Gasteiger partial charge < -0.3 is 14.4 Å². The number of carbonyl (C=O) groups excluding carboxylic acids is 1. The number of alkyl halides is 3. The Bertz CT molecular complexity index is 896. The van der Waals surface area contributed by atoms with Crippen molar-refractivity contribution in [1.82, 2.24) is 9.80 Å². The first kappa shape index (κ1) is 22.2. The first-order chi connectivity index (χ1) is 14.2. The zero-order valence-electron chi connectivity index (χ0n) is 16.6. The number of methoxy groups -OCH3 is 2. The van der Waals surface area contributed by atoms with Gasteiger partial charge in [-0.1, -0.05) is 23.7 Å². The predicted molar refractivity (Wildman–Crippen MR) is 107 cm³/mol. The van der Waals surface area contributed by atoms with Crippen molar-refractivity contribution in [3.05, 3.63) is 58.1 Å². The molecular weight excluding hydrogens is 421 g/mol. The lowest BCUT2D eigenvalue weighted by atomic mass is 10.1. The Morgan fingerprint density at radius 2 is 1.67 bits per heavy atom. The van der Waals surface area contributed by atoms with Crippen LogP contribution in [0.2, 0.25) is 5.02 Å². The Morgan fingerprint density at radius 1 is 1.03 bits per heavy atom. The average molecular weight is 443 g/mol. The van der Waals surface area contributed by atoms with Gasteiger partial charge in [-0.05, 0) is 29.8 Å². The number of piperazine rings is 1. The topological polar surface area (TPSA) is 42.0 Å². The number of rotatable bonds is 5. The average Bonchev–Trinajstić information content (AvgIpc) is 2.73. The minimum absolute atomic E-state index is 0.160. The zero-order valence-corrected chi connectivity index (χ0v) is 17.4. The molecule has 0 saturated carbocycles. The molecule has 1 aliphatic heterocycles. The molecule has 2 aromatic carbocycles. The van der Waals surface area contributed by atoms with Crippen LogP contribution in [0.15, 0.2) is 36.4 Å². The van der Waals surface area contributed by atoms with Crippen molar-refractivity contribution in [3.8, 4) is 11.5 Å². The van der Waals surface area contributed by atoms with Crippen LogP contribution in [0.3, 0.4) is 0 Å². The van der Waals surface area contributed by atoms with E-state index in [0.717, 1.165) is 17.7 Å². The molecule has 30 heavy (non-hydrogen) atoms. The van der Waals surface area contributed by atoms with Crippen molar-refractivity contribution in [3.63, 3.8) is 0 Å². The van der Waals surface area contributed by atoms with Crippen LogP contribution in [0.4, 0.5) is 13.2 Å². The molecule has 0 atom stereocenters. The van der Waals surface area contributed by atoms with Gasteiger partial charge in [-0.2, -0.15) is 13.2 Å². The summed E-state index contributed by atoms with van der Waals surface area (Å²) in [5, 5.41) is 0.293. The van der Waals surface area contributed by atoms with Crippen LogP contribution < -0.4 is 9.47 Å². The first-order valence-corrected chi connectivity index (χ1v) is 9.70. The van der Waals surface area contributed by atoms with E-state index in [1.54, 1.807) is 17.0 Å². The number of ether oxygens (including phenoxy) is 2. The fourth-order valence-electron chi connectivity index (χ4n) is 3.39. The molecular formula is C21H22ClF3N2O3. The maximum Gasteiger partial charge on any atom is 0.416 e. The second-order valence-corrected chi connectivity index (χ2v) is 7.36. The Morgan fingerprint density at radius 3 is 2.20 bits per heavy atom. The molecule has 1 amide bonds. The van der Waals surface area contributed by atoms with Gasteiger partial charge in [0, 0.05) is 38.3 Å². The summed E-state index contributed by atoms with van der Waals surface area (Å²) in [4.78, 5) is 16.7. The second-order valence-electron chi connectivity index (χ2n) is 6.96. The van der Waals surface area contributed by atoms with E-state index in [4.69, 9.17) is 21.1 Å². The number of halogens is 4. The number of hydrogen-bond acceptors (Lipinski definition) is 4. The summed E-state index contributed by atoms with van der Waals surface area (Å²) in [5.74, 6) is 0.596. The maximum atomic E-state index is 12.9. The molecule has 2 aromatic rings. The summed E-state index contributed by atoms with van der Waals surface area (Å²) < 4.78 is 48.5. The van der Waals surface area contributed by atoms with Gasteiger partial charge in [-0.3, -0.25) is 9.69 Å². The lowest BCUT2D eigenvalue weighted by Gasteiger charge is -2.35. The highest BCUT2D eigenvalue weighted by Crippen LogP contribution is 2.36. The summed E-state index contributed by atoms with van der Waals surface area (Å²) in [5.41, 5.74) is 0.554. The summed E-state index contributed by atoms with van der Waals surface area (Å²) in [7, 11) is 2.95. The van der Waals surface area contributed by atoms with Gasteiger partial charge in [0.15, 0.2) is 11.5 Å². The van der Waals surface area contributed by atoms with Gasteiger partial charge in [0.25, 0.3) is 5.91 Å². The van der Waals surface area contributed by atoms with Gasteiger partial charge in [-0.15, -0.1) is 0 Å². The summed E-state index contributed by atoms with van der Waals surface area (Å²) in [6, 6.07) is 8.32. The molecule has 0 unspecified atom stereocenters. The van der Waals surface area contributed by atoms with Crippen LogP contribution in [-0.4, -0.2) is 56.1 Å². The molecule has 0 radical (unpaired) electrons. The number of hydrogen-bond donors (Lipinski definition) is 0. The standard InChI is InChI=1S/C21H22ClF3N2O3/c1-29-18-12-15(11-17(22)19(18)30-2)20(28)27-9-7-26(8-10-27)13-14-3-5-16(6-4-14)21(23,24)25/h3-6,11-12H,7-10,13H2,1-2H3. The van der Waals surface area contributed by atoms with Crippen molar-refractivity contribution < 1.29 is 27.4 Å². The molecule has 1 aliphatic rings. The molecule has 5 nitrogen and oxygen atoms in total. The van der Waals surface area contributed by atoms with E-state index in [-0.39, 0.29) is 5.91 Å². The third-order valence-corrected chi connectivity index (χ3v) is 5.31. The highest BCUT2D eigenvalue weighted by Gasteiger charge is 2.30. The molecule has 162 valence electrons. The zero-order chi connectivity index (χ0) is 21.9. The minimum Gasteiger partial charge on any atom is -0.493 e. The molecule has 1 saturated heterocycles. The normalized spacial score (nSPS) is 15.2. The lowest BCUT2D eigenvalue weighted by Crippen LogP contribution is -2.48. The molecule has 1 heterocycles. The number of carbonyl (C=O) groups is 1. The highest BCUT2D eigenvalue weighted by atomic mass is 35.5. The summed E-state index contributed by atoms with van der Waals surface area (Å²) >= 11 is 6.19. The molecule has 0 N–H and O–H groups in total. The van der Waals surface area contributed by atoms with Crippen LogP contribution in [0.5, 0.6) is 11.5 Å². The van der Waals surface area contributed by atoms with Crippen molar-refractivity contribution in [2.24, 2.45) is 0 Å². The van der Waals surface area contributed by atoms with Gasteiger partial charge in [0.2, 0.25) is 0 Å². The summed E-state index contributed by atoms with van der Waals surface area (Å²) in [6.07, 6.45) is -4.34. The molecule has 1 fully saturated rings. The van der Waals surface area contributed by atoms with E-state index < -0.39 is 11.7 Å². The van der Waals surface area contributed by atoms with Crippen molar-refractivity contribution >= 4 is 17.5 Å². The second kappa shape index (κ2) is 9.14. The number of nitrogens with zero attached hydrogens (tertiary/aromatic N) is 2. The van der Waals surface area contributed by atoms with Crippen LogP contribution in [-0.2, 0) is 12.7 Å². The van der Waals surface area contributed by atoms with Gasteiger partial charge in [0.05, 0.1) is 24.8 Å². The quantitative estimate of drug-likeness (QED) is 0.691. The summed E-state index contributed by atoms with van der Waals surface area (Å²) in [6.45, 7) is 2.78. The molecule has 0 aliphatic carbocycles. The third-order valence-electron chi connectivity index (χ3n) is 5.03. The van der Waals surface area contributed by atoms with Crippen molar-refractivity contribution in [2.75, 3.05) is 40.4 Å². The predicted octanol–water partition coefficient (Wildman–Crippen LogP) is 4.33. The SMILES string of the molecule is COc1cc(C(=O)N2CCN(Cc3ccc(C(F)(F)F)cc3)CC2)cc(Cl)c1OC. The van der Waals surface area contributed by atoms with E-state index in [0.29, 0.717) is 54.8 Å². The first-order valence-electron chi connectivity index (χ1n) is 9.32. The smallest absolute Gasteiger partial charge is 0.416 e.